The van der Waals surface area contributed by atoms with Crippen molar-refractivity contribution >= 4 is 17.6 Å². The highest BCUT2D eigenvalue weighted by Crippen LogP contribution is 2.26. The van der Waals surface area contributed by atoms with E-state index in [1.54, 1.807) is 48.2 Å². The molecule has 4 rings (SSSR count). The van der Waals surface area contributed by atoms with E-state index < -0.39 is 5.97 Å². The Kier molecular flexibility index (Phi) is 5.12. The van der Waals surface area contributed by atoms with Gasteiger partial charge >= 0.3 is 5.97 Å². The molecule has 3 aromatic rings. The summed E-state index contributed by atoms with van der Waals surface area (Å²) in [5, 5.41) is 3.96. The standard InChI is InChI=1S/C22H19FN2O4/c1-14-19(24-29-21(14)15-4-8-17(23)9-5-15)13-28-22(27)16-6-10-18(11-7-16)25-12-2-3-20(25)26/h4-11H,2-3,12-13H2,1H3. The van der Waals surface area contributed by atoms with Crippen LogP contribution in [0.4, 0.5) is 10.1 Å². The molecule has 0 spiro atoms. The van der Waals surface area contributed by atoms with Crippen LogP contribution in [0.25, 0.3) is 11.3 Å². The number of hydrogen-bond donors (Lipinski definition) is 0. The normalized spacial score (nSPS) is 13.7. The molecule has 0 N–H and O–H groups in total. The molecule has 6 nitrogen and oxygen atoms in total. The Morgan fingerprint density at radius 1 is 1.17 bits per heavy atom. The highest BCUT2D eigenvalue weighted by atomic mass is 19.1. The highest BCUT2D eigenvalue weighted by Gasteiger charge is 2.22. The second-order valence-electron chi connectivity index (χ2n) is 6.86. The van der Waals surface area contributed by atoms with Crippen LogP contribution in [-0.4, -0.2) is 23.6 Å². The van der Waals surface area contributed by atoms with Crippen molar-refractivity contribution in [1.29, 1.82) is 0 Å². The molecule has 1 aliphatic rings. The Labute approximate surface area is 166 Å². The van der Waals surface area contributed by atoms with Crippen LogP contribution in [0.3, 0.4) is 0 Å². The molecular weight excluding hydrogens is 375 g/mol. The SMILES string of the molecule is Cc1c(COC(=O)c2ccc(N3CCCC3=O)cc2)noc1-c1ccc(F)cc1. The first kappa shape index (κ1) is 18.9. The molecule has 1 aromatic heterocycles. The number of halogens is 1. The van der Waals surface area contributed by atoms with E-state index in [-0.39, 0.29) is 18.3 Å². The Hall–Kier alpha value is -3.48. The van der Waals surface area contributed by atoms with E-state index >= 15 is 0 Å². The monoisotopic (exact) mass is 394 g/mol. The zero-order chi connectivity index (χ0) is 20.4. The number of esters is 1. The fraction of sp³-hybridized carbons (Fsp3) is 0.227. The quantitative estimate of drug-likeness (QED) is 0.604. The first-order chi connectivity index (χ1) is 14.0. The average molecular weight is 394 g/mol. The van der Waals surface area contributed by atoms with Gasteiger partial charge in [-0.3, -0.25) is 4.79 Å². The number of ether oxygens (including phenoxy) is 1. The molecule has 0 unspecified atom stereocenters. The molecule has 0 atom stereocenters. The molecule has 1 saturated heterocycles. The van der Waals surface area contributed by atoms with E-state index in [0.717, 1.165) is 17.7 Å². The van der Waals surface area contributed by atoms with Crippen molar-refractivity contribution in [3.63, 3.8) is 0 Å². The lowest BCUT2D eigenvalue weighted by Crippen LogP contribution is -2.23. The summed E-state index contributed by atoms with van der Waals surface area (Å²) in [5.41, 5.74) is 3.09. The van der Waals surface area contributed by atoms with E-state index in [1.807, 2.05) is 0 Å². The van der Waals surface area contributed by atoms with E-state index in [2.05, 4.69) is 5.16 Å². The largest absolute Gasteiger partial charge is 0.455 e. The fourth-order valence-electron chi connectivity index (χ4n) is 3.29. The summed E-state index contributed by atoms with van der Waals surface area (Å²) in [6, 6.07) is 12.7. The zero-order valence-electron chi connectivity index (χ0n) is 15.9. The van der Waals surface area contributed by atoms with E-state index in [4.69, 9.17) is 9.26 Å². The summed E-state index contributed by atoms with van der Waals surface area (Å²) in [4.78, 5) is 25.9. The van der Waals surface area contributed by atoms with Crippen molar-refractivity contribution in [3.8, 4) is 11.3 Å². The topological polar surface area (TPSA) is 72.6 Å². The van der Waals surface area contributed by atoms with Crippen LogP contribution in [0.5, 0.6) is 0 Å². The molecular formula is C22H19FN2O4. The molecule has 0 radical (unpaired) electrons. The summed E-state index contributed by atoms with van der Waals surface area (Å²) < 4.78 is 23.8. The van der Waals surface area contributed by atoms with Crippen molar-refractivity contribution < 1.29 is 23.2 Å². The number of hydrogen-bond acceptors (Lipinski definition) is 5. The second-order valence-corrected chi connectivity index (χ2v) is 6.86. The molecule has 7 heteroatoms. The van der Waals surface area contributed by atoms with Gasteiger partial charge in [0.15, 0.2) is 5.76 Å². The van der Waals surface area contributed by atoms with Crippen molar-refractivity contribution in [3.05, 3.63) is 71.2 Å². The Bertz CT molecular complexity index is 1040. The van der Waals surface area contributed by atoms with Crippen molar-refractivity contribution in [2.75, 3.05) is 11.4 Å². The number of carbonyl (C=O) groups excluding carboxylic acids is 2. The Balaban J connectivity index is 1.41. The predicted octanol–water partition coefficient (Wildman–Crippen LogP) is 4.27. The van der Waals surface area contributed by atoms with Crippen molar-refractivity contribution in [1.82, 2.24) is 5.16 Å². The maximum Gasteiger partial charge on any atom is 0.338 e. The van der Waals surface area contributed by atoms with Gasteiger partial charge in [-0.1, -0.05) is 5.16 Å². The van der Waals surface area contributed by atoms with E-state index in [0.29, 0.717) is 35.5 Å². The fourth-order valence-corrected chi connectivity index (χ4v) is 3.29. The first-order valence-corrected chi connectivity index (χ1v) is 9.31. The Morgan fingerprint density at radius 3 is 2.55 bits per heavy atom. The van der Waals surface area contributed by atoms with Gasteiger partial charge in [-0.15, -0.1) is 0 Å². The van der Waals surface area contributed by atoms with Gasteiger partial charge in [-0.2, -0.15) is 0 Å². The predicted molar refractivity (Wildman–Crippen MR) is 104 cm³/mol. The van der Waals surface area contributed by atoms with Gasteiger partial charge in [0.05, 0.1) is 5.56 Å². The molecule has 2 aromatic carbocycles. The number of aromatic nitrogens is 1. The molecule has 2 heterocycles. The summed E-state index contributed by atoms with van der Waals surface area (Å²) >= 11 is 0. The number of anilines is 1. The van der Waals surface area contributed by atoms with Crippen molar-refractivity contribution in [2.24, 2.45) is 0 Å². The maximum atomic E-state index is 13.1. The van der Waals surface area contributed by atoms with Crippen LogP contribution in [0.15, 0.2) is 53.1 Å². The van der Waals surface area contributed by atoms with Crippen molar-refractivity contribution in [2.45, 2.75) is 26.4 Å². The summed E-state index contributed by atoms with van der Waals surface area (Å²) in [7, 11) is 0. The first-order valence-electron chi connectivity index (χ1n) is 9.31. The molecule has 1 amide bonds. The number of rotatable bonds is 5. The Morgan fingerprint density at radius 2 is 1.90 bits per heavy atom. The average Bonchev–Trinajstić information content (AvgIpc) is 3.32. The molecule has 29 heavy (non-hydrogen) atoms. The third-order valence-electron chi connectivity index (χ3n) is 4.96. The molecule has 1 fully saturated rings. The maximum absolute atomic E-state index is 13.1. The lowest BCUT2D eigenvalue weighted by atomic mass is 10.1. The van der Waals surface area contributed by atoms with Crippen LogP contribution >= 0.6 is 0 Å². The lowest BCUT2D eigenvalue weighted by Gasteiger charge is -2.15. The minimum absolute atomic E-state index is 0.0400. The number of nitrogens with zero attached hydrogens (tertiary/aromatic N) is 2. The van der Waals surface area contributed by atoms with Crippen LogP contribution in [0.2, 0.25) is 0 Å². The lowest BCUT2D eigenvalue weighted by molar-refractivity contribution is -0.117. The third-order valence-corrected chi connectivity index (χ3v) is 4.96. The number of carbonyl (C=O) groups is 2. The van der Waals surface area contributed by atoms with Gasteiger partial charge in [0.25, 0.3) is 0 Å². The van der Waals surface area contributed by atoms with Gasteiger partial charge in [0.2, 0.25) is 5.91 Å². The molecule has 1 aliphatic heterocycles. The number of amides is 1. The van der Waals surface area contributed by atoms with Crippen LogP contribution in [0.1, 0.15) is 34.5 Å². The van der Waals surface area contributed by atoms with Gasteiger partial charge < -0.3 is 14.2 Å². The minimum Gasteiger partial charge on any atom is -0.455 e. The minimum atomic E-state index is -0.491. The van der Waals surface area contributed by atoms with Crippen LogP contribution in [-0.2, 0) is 16.1 Å². The highest BCUT2D eigenvalue weighted by molar-refractivity contribution is 5.96. The smallest absolute Gasteiger partial charge is 0.338 e. The van der Waals surface area contributed by atoms with Gasteiger partial charge in [-0.25, -0.2) is 9.18 Å². The molecule has 0 aliphatic carbocycles. The van der Waals surface area contributed by atoms with E-state index in [1.165, 1.54) is 12.1 Å². The summed E-state index contributed by atoms with van der Waals surface area (Å²) in [6.45, 7) is 2.46. The van der Waals surface area contributed by atoms with Crippen LogP contribution in [0, 0.1) is 12.7 Å². The van der Waals surface area contributed by atoms with Gasteiger partial charge in [0, 0.05) is 29.8 Å². The zero-order valence-corrected chi connectivity index (χ0v) is 15.9. The summed E-state index contributed by atoms with van der Waals surface area (Å²) in [5.74, 6) is -0.218. The van der Waals surface area contributed by atoms with Crippen LogP contribution < -0.4 is 4.90 Å². The van der Waals surface area contributed by atoms with Gasteiger partial charge in [0.1, 0.15) is 18.1 Å². The molecule has 148 valence electrons. The second kappa shape index (κ2) is 7.87. The number of benzene rings is 2. The summed E-state index contributed by atoms with van der Waals surface area (Å²) in [6.07, 6.45) is 1.40. The van der Waals surface area contributed by atoms with Gasteiger partial charge in [-0.05, 0) is 61.9 Å². The third kappa shape index (κ3) is 3.89. The molecule has 0 saturated carbocycles. The molecule has 0 bridgehead atoms. The van der Waals surface area contributed by atoms with E-state index in [9.17, 15) is 14.0 Å².